The molecule has 0 N–H and O–H groups in total. The number of benzene rings is 1. The Morgan fingerprint density at radius 3 is 2.56 bits per heavy atom. The fraction of sp³-hybridized carbons (Fsp3) is 0.273. The number of hydrogen-bond acceptors (Lipinski definition) is 4. The van der Waals surface area contributed by atoms with Gasteiger partial charge in [-0.15, -0.1) is 0 Å². The summed E-state index contributed by atoms with van der Waals surface area (Å²) < 4.78 is 10.1. The zero-order valence-corrected chi connectivity index (χ0v) is 10.5. The van der Waals surface area contributed by atoms with Gasteiger partial charge in [0, 0.05) is 10.0 Å². The Hall–Kier alpha value is -1.36. The normalized spacial score (nSPS) is 9.69. The van der Waals surface area contributed by atoms with Gasteiger partial charge >= 0.3 is 5.97 Å². The highest BCUT2D eigenvalue weighted by Gasteiger charge is 2.19. The molecule has 0 heterocycles. The number of methoxy groups -OCH3 is 1. The van der Waals surface area contributed by atoms with Gasteiger partial charge in [0.15, 0.2) is 0 Å². The monoisotopic (exact) mass is 286 g/mol. The lowest BCUT2D eigenvalue weighted by Gasteiger charge is -2.06. The summed E-state index contributed by atoms with van der Waals surface area (Å²) in [4.78, 5) is 22.6. The molecule has 0 spiro atoms. The van der Waals surface area contributed by atoms with Crippen molar-refractivity contribution in [2.45, 2.75) is 6.92 Å². The molecule has 0 saturated heterocycles. The highest BCUT2D eigenvalue weighted by atomic mass is 79.9. The summed E-state index contributed by atoms with van der Waals surface area (Å²) >= 11 is 3.21. The van der Waals surface area contributed by atoms with Crippen LogP contribution in [0.25, 0.3) is 0 Å². The molecule has 0 aliphatic rings. The highest BCUT2D eigenvalue weighted by molar-refractivity contribution is 9.10. The molecule has 1 aromatic rings. The third kappa shape index (κ3) is 2.82. The predicted molar refractivity (Wildman–Crippen MR) is 61.7 cm³/mol. The minimum atomic E-state index is -0.884. The van der Waals surface area contributed by atoms with Crippen LogP contribution in [0.5, 0.6) is 5.75 Å². The largest absolute Gasteiger partial charge is 0.494 e. The first-order chi connectivity index (χ1) is 7.60. The van der Waals surface area contributed by atoms with Crippen LogP contribution < -0.4 is 4.74 Å². The molecule has 0 amide bonds. The summed E-state index contributed by atoms with van der Waals surface area (Å²) in [6.07, 6.45) is 0. The number of rotatable bonds is 4. The lowest BCUT2D eigenvalue weighted by molar-refractivity contribution is -0.135. The second kappa shape index (κ2) is 5.65. The van der Waals surface area contributed by atoms with Crippen LogP contribution in [0.1, 0.15) is 17.3 Å². The highest BCUT2D eigenvalue weighted by Crippen LogP contribution is 2.23. The van der Waals surface area contributed by atoms with E-state index >= 15 is 0 Å². The van der Waals surface area contributed by atoms with Crippen LogP contribution in [0.3, 0.4) is 0 Å². The Bertz CT molecular complexity index is 414. The number of carbonyl (C=O) groups is 2. The van der Waals surface area contributed by atoms with Gasteiger partial charge < -0.3 is 9.47 Å². The number of esters is 1. The van der Waals surface area contributed by atoms with Crippen molar-refractivity contribution in [2.24, 2.45) is 0 Å². The van der Waals surface area contributed by atoms with E-state index in [1.165, 1.54) is 13.2 Å². The molecular weight excluding hydrogens is 276 g/mol. The fourth-order valence-corrected chi connectivity index (χ4v) is 1.68. The van der Waals surface area contributed by atoms with Gasteiger partial charge in [0.2, 0.25) is 0 Å². The van der Waals surface area contributed by atoms with Gasteiger partial charge in [-0.25, -0.2) is 4.79 Å². The van der Waals surface area contributed by atoms with Crippen LogP contribution in [0.2, 0.25) is 0 Å². The molecule has 1 rings (SSSR count). The Kier molecular flexibility index (Phi) is 4.49. The average Bonchev–Trinajstić information content (AvgIpc) is 2.28. The number of ketones is 1. The van der Waals surface area contributed by atoms with E-state index in [1.807, 2.05) is 6.92 Å². The molecule has 0 saturated carbocycles. The number of halogens is 1. The second-order valence-electron chi connectivity index (χ2n) is 2.90. The summed E-state index contributed by atoms with van der Waals surface area (Å²) in [6.45, 7) is 2.40. The number of Topliss-reactive ketones (excluding diaryl/α,β-unsaturated/α-hetero) is 1. The summed E-state index contributed by atoms with van der Waals surface area (Å²) in [5, 5.41) is 0. The van der Waals surface area contributed by atoms with Gasteiger partial charge in [-0.05, 0) is 41.1 Å². The molecule has 1 aromatic carbocycles. The molecule has 16 heavy (non-hydrogen) atoms. The van der Waals surface area contributed by atoms with E-state index in [1.54, 1.807) is 12.1 Å². The molecule has 86 valence electrons. The van der Waals surface area contributed by atoms with E-state index in [4.69, 9.17) is 4.74 Å². The van der Waals surface area contributed by atoms with E-state index in [9.17, 15) is 9.59 Å². The average molecular weight is 287 g/mol. The van der Waals surface area contributed by atoms with Crippen LogP contribution in [0.4, 0.5) is 0 Å². The number of hydrogen-bond donors (Lipinski definition) is 0. The van der Waals surface area contributed by atoms with Crippen LogP contribution in [-0.4, -0.2) is 25.5 Å². The molecule has 0 fully saturated rings. The van der Waals surface area contributed by atoms with Gasteiger partial charge in [0.1, 0.15) is 5.75 Å². The maximum atomic E-state index is 11.5. The van der Waals surface area contributed by atoms with Crippen molar-refractivity contribution in [3.8, 4) is 5.75 Å². The summed E-state index contributed by atoms with van der Waals surface area (Å²) in [6, 6.07) is 4.79. The van der Waals surface area contributed by atoms with Crippen molar-refractivity contribution in [3.63, 3.8) is 0 Å². The minimum absolute atomic E-state index is 0.260. The lowest BCUT2D eigenvalue weighted by Crippen LogP contribution is -2.16. The van der Waals surface area contributed by atoms with E-state index in [2.05, 4.69) is 20.7 Å². The maximum Gasteiger partial charge on any atom is 0.379 e. The maximum absolute atomic E-state index is 11.5. The van der Waals surface area contributed by atoms with Gasteiger partial charge in [-0.1, -0.05) is 0 Å². The zero-order chi connectivity index (χ0) is 12.1. The summed E-state index contributed by atoms with van der Waals surface area (Å²) in [5.41, 5.74) is 0.260. The summed E-state index contributed by atoms with van der Waals surface area (Å²) in [7, 11) is 1.17. The second-order valence-corrected chi connectivity index (χ2v) is 3.75. The fourth-order valence-electron chi connectivity index (χ4n) is 1.14. The lowest BCUT2D eigenvalue weighted by atomic mass is 10.1. The molecule has 0 atom stereocenters. The van der Waals surface area contributed by atoms with E-state index in [0.29, 0.717) is 16.8 Å². The molecule has 0 aliphatic heterocycles. The van der Waals surface area contributed by atoms with Crippen LogP contribution in [0.15, 0.2) is 22.7 Å². The topological polar surface area (TPSA) is 52.6 Å². The van der Waals surface area contributed by atoms with Crippen molar-refractivity contribution in [3.05, 3.63) is 28.2 Å². The minimum Gasteiger partial charge on any atom is -0.494 e. The third-order valence-electron chi connectivity index (χ3n) is 1.87. The van der Waals surface area contributed by atoms with E-state index < -0.39 is 11.8 Å². The van der Waals surface area contributed by atoms with Crippen molar-refractivity contribution < 1.29 is 19.1 Å². The Labute approximate surface area is 102 Å². The van der Waals surface area contributed by atoms with Crippen molar-refractivity contribution in [2.75, 3.05) is 13.7 Å². The Balaban J connectivity index is 2.99. The first kappa shape index (κ1) is 12.7. The van der Waals surface area contributed by atoms with Crippen LogP contribution >= 0.6 is 15.9 Å². The standard InChI is InChI=1S/C11H11BrO4/c1-3-16-7-4-5-8(9(12)6-7)10(13)11(14)15-2/h4-6H,3H2,1-2H3. The number of ether oxygens (including phenoxy) is 2. The summed E-state index contributed by atoms with van der Waals surface area (Å²) in [5.74, 6) is -0.932. The Morgan fingerprint density at radius 2 is 2.06 bits per heavy atom. The first-order valence-electron chi connectivity index (χ1n) is 4.65. The van der Waals surface area contributed by atoms with Crippen molar-refractivity contribution in [1.82, 2.24) is 0 Å². The molecule has 0 aromatic heterocycles. The van der Waals surface area contributed by atoms with Crippen LogP contribution in [0, 0.1) is 0 Å². The van der Waals surface area contributed by atoms with Gasteiger partial charge in [-0.3, -0.25) is 4.79 Å². The molecule has 0 unspecified atom stereocenters. The molecule has 5 heteroatoms. The molecule has 4 nitrogen and oxygen atoms in total. The molecule has 0 aliphatic carbocycles. The van der Waals surface area contributed by atoms with Gasteiger partial charge in [0.25, 0.3) is 5.78 Å². The van der Waals surface area contributed by atoms with Gasteiger partial charge in [0.05, 0.1) is 13.7 Å². The molecule has 0 bridgehead atoms. The quantitative estimate of drug-likeness (QED) is 0.484. The zero-order valence-electron chi connectivity index (χ0n) is 8.95. The van der Waals surface area contributed by atoms with Crippen molar-refractivity contribution in [1.29, 1.82) is 0 Å². The van der Waals surface area contributed by atoms with Gasteiger partial charge in [-0.2, -0.15) is 0 Å². The smallest absolute Gasteiger partial charge is 0.379 e. The predicted octanol–water partition coefficient (Wildman–Crippen LogP) is 2.20. The third-order valence-corrected chi connectivity index (χ3v) is 2.52. The van der Waals surface area contributed by atoms with E-state index in [0.717, 1.165) is 0 Å². The SMILES string of the molecule is CCOc1ccc(C(=O)C(=O)OC)c(Br)c1. The first-order valence-corrected chi connectivity index (χ1v) is 5.44. The van der Waals surface area contributed by atoms with Crippen LogP contribution in [-0.2, 0) is 9.53 Å². The van der Waals surface area contributed by atoms with Crippen molar-refractivity contribution >= 4 is 27.7 Å². The Morgan fingerprint density at radius 1 is 1.38 bits per heavy atom. The molecular formula is C11H11BrO4. The molecule has 0 radical (unpaired) electrons. The number of carbonyl (C=O) groups excluding carboxylic acids is 2. The van der Waals surface area contributed by atoms with E-state index in [-0.39, 0.29) is 5.56 Å².